The quantitative estimate of drug-likeness (QED) is 0.794. The Morgan fingerprint density at radius 1 is 1.14 bits per heavy atom. The van der Waals surface area contributed by atoms with Gasteiger partial charge in [0.15, 0.2) is 0 Å². The molecule has 3 rings (SSSR count). The largest absolute Gasteiger partial charge is 0.347 e. The van der Waals surface area contributed by atoms with Gasteiger partial charge in [0, 0.05) is 19.7 Å². The first-order valence-electron chi connectivity index (χ1n) is 6.16. The molecule has 0 saturated heterocycles. The molecule has 3 aromatic rings. The minimum atomic E-state index is -0.230. The van der Waals surface area contributed by atoms with Crippen LogP contribution in [0.1, 0.15) is 10.4 Å². The Bertz CT molecular complexity index is 783. The number of hydrogen-bond donors (Lipinski definition) is 1. The average molecular weight is 300 g/mol. The molecule has 21 heavy (non-hydrogen) atoms. The topological polar surface area (TPSA) is 83.9 Å². The highest BCUT2D eigenvalue weighted by Crippen LogP contribution is 2.15. The van der Waals surface area contributed by atoms with Crippen molar-refractivity contribution in [2.45, 2.75) is 0 Å². The molecule has 0 unspecified atom stereocenters. The zero-order valence-electron chi connectivity index (χ0n) is 11.4. The van der Waals surface area contributed by atoms with E-state index >= 15 is 0 Å². The van der Waals surface area contributed by atoms with E-state index in [0.29, 0.717) is 22.7 Å². The molecule has 0 bridgehead atoms. The molecule has 2 heterocycles. The summed E-state index contributed by atoms with van der Waals surface area (Å²) < 4.78 is 8.22. The first-order valence-corrected chi connectivity index (χ1v) is 6.89. The molecular formula is C13H12N6OS. The van der Waals surface area contributed by atoms with Crippen molar-refractivity contribution in [2.75, 3.05) is 24.3 Å². The molecule has 0 spiro atoms. The molecule has 0 aliphatic heterocycles. The second-order valence-corrected chi connectivity index (χ2v) is 5.12. The normalized spacial score (nSPS) is 10.6. The van der Waals surface area contributed by atoms with Crippen molar-refractivity contribution in [1.82, 2.24) is 18.7 Å². The molecule has 0 aliphatic carbocycles. The van der Waals surface area contributed by atoms with E-state index in [-0.39, 0.29) is 5.91 Å². The number of benzene rings is 1. The first-order chi connectivity index (χ1) is 10.1. The standard InChI is InChI=1S/C13H12N6OS/c1-19(2)13-14-6-9(7-15-13)16-12(20)8-3-4-10-11(5-8)18-21-17-10/h3-7H,1-2H3,(H,16,20). The predicted molar refractivity (Wildman–Crippen MR) is 81.7 cm³/mol. The van der Waals surface area contributed by atoms with E-state index in [1.54, 1.807) is 35.5 Å². The second kappa shape index (κ2) is 5.41. The Kier molecular flexibility index (Phi) is 3.44. The summed E-state index contributed by atoms with van der Waals surface area (Å²) in [6, 6.07) is 5.21. The van der Waals surface area contributed by atoms with Crippen LogP contribution in [-0.4, -0.2) is 38.7 Å². The van der Waals surface area contributed by atoms with Gasteiger partial charge in [-0.2, -0.15) is 8.75 Å². The Morgan fingerprint density at radius 2 is 1.86 bits per heavy atom. The maximum atomic E-state index is 12.2. The fourth-order valence-electron chi connectivity index (χ4n) is 1.74. The second-order valence-electron chi connectivity index (χ2n) is 4.59. The molecule has 7 nitrogen and oxygen atoms in total. The molecule has 0 radical (unpaired) electrons. The van der Waals surface area contributed by atoms with Crippen molar-refractivity contribution in [2.24, 2.45) is 0 Å². The maximum Gasteiger partial charge on any atom is 0.255 e. The maximum absolute atomic E-state index is 12.2. The fraction of sp³-hybridized carbons (Fsp3) is 0.154. The van der Waals surface area contributed by atoms with Gasteiger partial charge in [-0.25, -0.2) is 9.97 Å². The van der Waals surface area contributed by atoms with Gasteiger partial charge in [-0.05, 0) is 18.2 Å². The SMILES string of the molecule is CN(C)c1ncc(NC(=O)c2ccc3nsnc3c2)cn1. The number of carbonyl (C=O) groups is 1. The van der Waals surface area contributed by atoms with Crippen molar-refractivity contribution >= 4 is 40.3 Å². The lowest BCUT2D eigenvalue weighted by molar-refractivity contribution is 0.102. The van der Waals surface area contributed by atoms with Crippen LogP contribution in [0.2, 0.25) is 0 Å². The van der Waals surface area contributed by atoms with Gasteiger partial charge in [-0.15, -0.1) is 0 Å². The van der Waals surface area contributed by atoms with Gasteiger partial charge in [-0.1, -0.05) is 0 Å². The average Bonchev–Trinajstić information content (AvgIpc) is 2.95. The van der Waals surface area contributed by atoms with Crippen molar-refractivity contribution in [1.29, 1.82) is 0 Å². The summed E-state index contributed by atoms with van der Waals surface area (Å²) in [4.78, 5) is 22.3. The van der Waals surface area contributed by atoms with Gasteiger partial charge >= 0.3 is 0 Å². The smallest absolute Gasteiger partial charge is 0.255 e. The first kappa shape index (κ1) is 13.4. The minimum Gasteiger partial charge on any atom is -0.347 e. The molecule has 8 heteroatoms. The number of nitrogens with zero attached hydrogens (tertiary/aromatic N) is 5. The predicted octanol–water partition coefficient (Wildman–Crippen LogP) is 1.80. The Morgan fingerprint density at radius 3 is 2.57 bits per heavy atom. The Hall–Kier alpha value is -2.61. The van der Waals surface area contributed by atoms with Crippen LogP contribution >= 0.6 is 11.7 Å². The number of aromatic nitrogens is 4. The molecule has 1 amide bonds. The van der Waals surface area contributed by atoms with Crippen LogP contribution in [-0.2, 0) is 0 Å². The number of anilines is 2. The summed E-state index contributed by atoms with van der Waals surface area (Å²) >= 11 is 1.13. The number of fused-ring (bicyclic) bond motifs is 1. The Balaban J connectivity index is 1.78. The number of amides is 1. The summed E-state index contributed by atoms with van der Waals surface area (Å²) in [6.07, 6.45) is 3.15. The third-order valence-corrected chi connectivity index (χ3v) is 3.37. The molecular weight excluding hydrogens is 288 g/mol. The van der Waals surface area contributed by atoms with Crippen LogP contribution in [0.15, 0.2) is 30.6 Å². The van der Waals surface area contributed by atoms with Crippen LogP contribution in [0.3, 0.4) is 0 Å². The lowest BCUT2D eigenvalue weighted by Crippen LogP contribution is -2.15. The molecule has 0 saturated carbocycles. The zero-order valence-corrected chi connectivity index (χ0v) is 12.3. The van der Waals surface area contributed by atoms with Crippen molar-refractivity contribution < 1.29 is 4.79 Å². The van der Waals surface area contributed by atoms with E-state index in [9.17, 15) is 4.79 Å². The van der Waals surface area contributed by atoms with Gasteiger partial charge in [0.05, 0.1) is 29.8 Å². The van der Waals surface area contributed by atoms with Crippen LogP contribution in [0.25, 0.3) is 11.0 Å². The lowest BCUT2D eigenvalue weighted by Gasteiger charge is -2.10. The molecule has 0 fully saturated rings. The highest BCUT2D eigenvalue weighted by Gasteiger charge is 2.09. The van der Waals surface area contributed by atoms with E-state index in [4.69, 9.17) is 0 Å². The highest BCUT2D eigenvalue weighted by molar-refractivity contribution is 7.00. The van der Waals surface area contributed by atoms with Gasteiger partial charge in [0.25, 0.3) is 5.91 Å². The van der Waals surface area contributed by atoms with Gasteiger partial charge in [0.2, 0.25) is 5.95 Å². The van der Waals surface area contributed by atoms with Gasteiger partial charge in [-0.3, -0.25) is 4.79 Å². The molecule has 2 aromatic heterocycles. The van der Waals surface area contributed by atoms with E-state index in [1.807, 2.05) is 14.1 Å². The lowest BCUT2D eigenvalue weighted by atomic mass is 10.2. The van der Waals surface area contributed by atoms with Crippen LogP contribution in [0.5, 0.6) is 0 Å². The molecule has 0 atom stereocenters. The van der Waals surface area contributed by atoms with Crippen LogP contribution in [0, 0.1) is 0 Å². The van der Waals surface area contributed by atoms with Crippen LogP contribution in [0.4, 0.5) is 11.6 Å². The summed E-state index contributed by atoms with van der Waals surface area (Å²) in [5.74, 6) is 0.356. The molecule has 1 N–H and O–H groups in total. The number of rotatable bonds is 3. The fourth-order valence-corrected chi connectivity index (χ4v) is 2.26. The van der Waals surface area contributed by atoms with Gasteiger partial charge in [0.1, 0.15) is 11.0 Å². The summed E-state index contributed by atoms with van der Waals surface area (Å²) in [5, 5.41) is 2.75. The van der Waals surface area contributed by atoms with E-state index in [1.165, 1.54) is 0 Å². The van der Waals surface area contributed by atoms with E-state index in [0.717, 1.165) is 17.2 Å². The summed E-state index contributed by atoms with van der Waals surface area (Å²) in [6.45, 7) is 0. The van der Waals surface area contributed by atoms with Gasteiger partial charge < -0.3 is 10.2 Å². The minimum absolute atomic E-state index is 0.230. The van der Waals surface area contributed by atoms with E-state index in [2.05, 4.69) is 24.0 Å². The summed E-state index contributed by atoms with van der Waals surface area (Å²) in [7, 11) is 3.70. The Labute approximate surface area is 125 Å². The highest BCUT2D eigenvalue weighted by atomic mass is 32.1. The van der Waals surface area contributed by atoms with Crippen molar-refractivity contribution in [3.63, 3.8) is 0 Å². The number of carbonyl (C=O) groups excluding carboxylic acids is 1. The summed E-state index contributed by atoms with van der Waals surface area (Å²) in [5.41, 5.74) is 2.57. The number of nitrogens with one attached hydrogen (secondary N) is 1. The monoisotopic (exact) mass is 300 g/mol. The zero-order chi connectivity index (χ0) is 14.8. The molecule has 1 aromatic carbocycles. The third-order valence-electron chi connectivity index (χ3n) is 2.81. The molecule has 0 aliphatic rings. The third kappa shape index (κ3) is 2.79. The number of hydrogen-bond acceptors (Lipinski definition) is 7. The van der Waals surface area contributed by atoms with Crippen LogP contribution < -0.4 is 10.2 Å². The van der Waals surface area contributed by atoms with Crippen molar-refractivity contribution in [3.8, 4) is 0 Å². The molecule has 106 valence electrons. The van der Waals surface area contributed by atoms with Crippen molar-refractivity contribution in [3.05, 3.63) is 36.2 Å². The van der Waals surface area contributed by atoms with E-state index < -0.39 is 0 Å².